The standard InChI is InChI=1S/C22H24O4/c23-22(24)21-13-17(21)14-25-18-9-6-15(7-10-18)16-8-11-20(12-16)26-19-4-2-1-3-5-19/h1-7,9-10,16-17,20-21H,8,11-14H2,(H,23,24)/t16?,17-,20+,21+/m0/s1. The highest BCUT2D eigenvalue weighted by Crippen LogP contribution is 2.39. The summed E-state index contributed by atoms with van der Waals surface area (Å²) in [6, 6.07) is 18.3. The fourth-order valence-corrected chi connectivity index (χ4v) is 3.82. The van der Waals surface area contributed by atoms with Crippen LogP contribution in [0.15, 0.2) is 54.6 Å². The van der Waals surface area contributed by atoms with Gasteiger partial charge in [0, 0.05) is 5.92 Å². The molecule has 4 rings (SSSR count). The van der Waals surface area contributed by atoms with Crippen molar-refractivity contribution < 1.29 is 19.4 Å². The van der Waals surface area contributed by atoms with E-state index in [0.29, 0.717) is 12.5 Å². The van der Waals surface area contributed by atoms with Crippen molar-refractivity contribution in [1.29, 1.82) is 0 Å². The number of hydrogen-bond acceptors (Lipinski definition) is 3. The van der Waals surface area contributed by atoms with E-state index in [-0.39, 0.29) is 17.9 Å². The summed E-state index contributed by atoms with van der Waals surface area (Å²) < 4.78 is 11.8. The summed E-state index contributed by atoms with van der Waals surface area (Å²) in [5.41, 5.74) is 1.33. The highest BCUT2D eigenvalue weighted by Gasteiger charge is 2.43. The first-order chi connectivity index (χ1) is 12.7. The van der Waals surface area contributed by atoms with Crippen LogP contribution in [0.2, 0.25) is 0 Å². The quantitative estimate of drug-likeness (QED) is 0.797. The van der Waals surface area contributed by atoms with Gasteiger partial charge >= 0.3 is 5.97 Å². The van der Waals surface area contributed by atoms with E-state index in [1.165, 1.54) is 5.56 Å². The lowest BCUT2D eigenvalue weighted by Crippen LogP contribution is -2.11. The zero-order valence-electron chi connectivity index (χ0n) is 14.7. The van der Waals surface area contributed by atoms with E-state index in [4.69, 9.17) is 14.6 Å². The Bertz CT molecular complexity index is 740. The van der Waals surface area contributed by atoms with Gasteiger partial charge in [-0.3, -0.25) is 4.79 Å². The zero-order valence-corrected chi connectivity index (χ0v) is 14.7. The van der Waals surface area contributed by atoms with E-state index in [2.05, 4.69) is 12.1 Å². The van der Waals surface area contributed by atoms with Crippen molar-refractivity contribution in [3.63, 3.8) is 0 Å². The molecule has 2 aliphatic carbocycles. The van der Waals surface area contributed by atoms with Gasteiger partial charge in [0.05, 0.1) is 18.6 Å². The predicted molar refractivity (Wildman–Crippen MR) is 98.6 cm³/mol. The number of hydrogen-bond donors (Lipinski definition) is 1. The molecule has 4 heteroatoms. The molecule has 26 heavy (non-hydrogen) atoms. The van der Waals surface area contributed by atoms with Gasteiger partial charge in [-0.05, 0) is 61.4 Å². The molecule has 4 atom stereocenters. The van der Waals surface area contributed by atoms with Crippen LogP contribution in [0.4, 0.5) is 0 Å². The van der Waals surface area contributed by atoms with Crippen LogP contribution in [0.5, 0.6) is 11.5 Å². The van der Waals surface area contributed by atoms with Crippen molar-refractivity contribution in [3.05, 3.63) is 60.2 Å². The minimum Gasteiger partial charge on any atom is -0.493 e. The molecule has 136 valence electrons. The molecule has 0 aromatic heterocycles. The maximum atomic E-state index is 10.9. The van der Waals surface area contributed by atoms with Crippen molar-refractivity contribution in [2.75, 3.05) is 6.61 Å². The van der Waals surface area contributed by atoms with Crippen LogP contribution in [0.3, 0.4) is 0 Å². The number of carboxylic acids is 1. The monoisotopic (exact) mass is 352 g/mol. The number of carbonyl (C=O) groups is 1. The topological polar surface area (TPSA) is 55.8 Å². The smallest absolute Gasteiger partial charge is 0.306 e. The molecule has 0 spiro atoms. The number of para-hydroxylation sites is 1. The Labute approximate surface area is 153 Å². The lowest BCUT2D eigenvalue weighted by atomic mass is 9.97. The van der Waals surface area contributed by atoms with E-state index in [1.807, 2.05) is 42.5 Å². The summed E-state index contributed by atoms with van der Waals surface area (Å²) in [7, 11) is 0. The maximum Gasteiger partial charge on any atom is 0.306 e. The molecular weight excluding hydrogens is 328 g/mol. The molecule has 0 saturated heterocycles. The Balaban J connectivity index is 1.27. The van der Waals surface area contributed by atoms with E-state index >= 15 is 0 Å². The van der Waals surface area contributed by atoms with E-state index in [9.17, 15) is 4.79 Å². The van der Waals surface area contributed by atoms with Crippen LogP contribution >= 0.6 is 0 Å². The van der Waals surface area contributed by atoms with Crippen LogP contribution in [-0.4, -0.2) is 23.8 Å². The van der Waals surface area contributed by atoms with Crippen LogP contribution in [0, 0.1) is 11.8 Å². The number of benzene rings is 2. The Hall–Kier alpha value is -2.49. The molecule has 2 aromatic rings. The number of rotatable bonds is 7. The van der Waals surface area contributed by atoms with E-state index < -0.39 is 5.97 Å². The Morgan fingerprint density at radius 3 is 2.42 bits per heavy atom. The Morgan fingerprint density at radius 2 is 1.73 bits per heavy atom. The average molecular weight is 352 g/mol. The molecule has 1 N–H and O–H groups in total. The third kappa shape index (κ3) is 4.01. The molecule has 2 fully saturated rings. The molecular formula is C22H24O4. The molecule has 0 radical (unpaired) electrons. The molecule has 0 bridgehead atoms. The lowest BCUT2D eigenvalue weighted by Gasteiger charge is -2.15. The second-order valence-corrected chi connectivity index (χ2v) is 7.38. The Morgan fingerprint density at radius 1 is 0.962 bits per heavy atom. The minimum absolute atomic E-state index is 0.165. The van der Waals surface area contributed by atoms with Gasteiger partial charge < -0.3 is 14.6 Å². The minimum atomic E-state index is -0.706. The number of ether oxygens (including phenoxy) is 2. The normalized spacial score (nSPS) is 27.1. The largest absolute Gasteiger partial charge is 0.493 e. The molecule has 0 amide bonds. The molecule has 2 aromatic carbocycles. The van der Waals surface area contributed by atoms with Gasteiger partial charge in [-0.2, -0.15) is 0 Å². The fourth-order valence-electron chi connectivity index (χ4n) is 3.82. The van der Waals surface area contributed by atoms with Gasteiger partial charge in [0.1, 0.15) is 11.5 Å². The summed E-state index contributed by atoms with van der Waals surface area (Å²) in [5, 5.41) is 8.93. The van der Waals surface area contributed by atoms with E-state index in [0.717, 1.165) is 37.2 Å². The van der Waals surface area contributed by atoms with Crippen molar-refractivity contribution in [1.82, 2.24) is 0 Å². The summed E-state index contributed by atoms with van der Waals surface area (Å²) in [6.45, 7) is 0.493. The molecule has 2 aliphatic rings. The summed E-state index contributed by atoms with van der Waals surface area (Å²) in [6.07, 6.45) is 4.27. The predicted octanol–water partition coefficient (Wildman–Crippen LogP) is 4.50. The molecule has 4 nitrogen and oxygen atoms in total. The van der Waals surface area contributed by atoms with Crippen molar-refractivity contribution in [2.45, 2.75) is 37.7 Å². The van der Waals surface area contributed by atoms with E-state index in [1.54, 1.807) is 0 Å². The fraction of sp³-hybridized carbons (Fsp3) is 0.409. The van der Waals surface area contributed by atoms with Crippen LogP contribution in [-0.2, 0) is 4.79 Å². The van der Waals surface area contributed by atoms with Crippen molar-refractivity contribution in [2.24, 2.45) is 11.8 Å². The molecule has 2 saturated carbocycles. The highest BCUT2D eigenvalue weighted by atomic mass is 16.5. The second kappa shape index (κ2) is 7.40. The lowest BCUT2D eigenvalue weighted by molar-refractivity contribution is -0.138. The Kier molecular flexibility index (Phi) is 4.83. The average Bonchev–Trinajstić information content (AvgIpc) is 3.31. The highest BCUT2D eigenvalue weighted by molar-refractivity contribution is 5.73. The molecule has 0 heterocycles. The summed E-state index contributed by atoms with van der Waals surface area (Å²) in [5.74, 6) is 1.54. The number of aliphatic carboxylic acids is 1. The van der Waals surface area contributed by atoms with Crippen LogP contribution < -0.4 is 9.47 Å². The molecule has 1 unspecified atom stereocenters. The van der Waals surface area contributed by atoms with Gasteiger partial charge in [-0.25, -0.2) is 0 Å². The van der Waals surface area contributed by atoms with Gasteiger partial charge in [0.15, 0.2) is 0 Å². The van der Waals surface area contributed by atoms with Gasteiger partial charge in [0.2, 0.25) is 0 Å². The zero-order chi connectivity index (χ0) is 17.9. The SMILES string of the molecule is O=C(O)[C@@H]1C[C@H]1COc1ccc(C2CC[C@@H](Oc3ccccc3)C2)cc1. The first-order valence-electron chi connectivity index (χ1n) is 9.36. The third-order valence-corrected chi connectivity index (χ3v) is 5.49. The van der Waals surface area contributed by atoms with Gasteiger partial charge in [0.25, 0.3) is 0 Å². The van der Waals surface area contributed by atoms with Crippen LogP contribution in [0.25, 0.3) is 0 Å². The number of carboxylic acid groups (broad SMARTS) is 1. The third-order valence-electron chi connectivity index (χ3n) is 5.49. The first-order valence-corrected chi connectivity index (χ1v) is 9.36. The van der Waals surface area contributed by atoms with Crippen molar-refractivity contribution >= 4 is 5.97 Å². The second-order valence-electron chi connectivity index (χ2n) is 7.38. The molecule has 0 aliphatic heterocycles. The first kappa shape index (κ1) is 17.0. The maximum absolute atomic E-state index is 10.9. The van der Waals surface area contributed by atoms with Gasteiger partial charge in [-0.15, -0.1) is 0 Å². The van der Waals surface area contributed by atoms with Gasteiger partial charge in [-0.1, -0.05) is 30.3 Å². The van der Waals surface area contributed by atoms with Crippen LogP contribution in [0.1, 0.15) is 37.2 Å². The summed E-state index contributed by atoms with van der Waals surface area (Å²) in [4.78, 5) is 10.9. The van der Waals surface area contributed by atoms with Crippen molar-refractivity contribution in [3.8, 4) is 11.5 Å². The summed E-state index contributed by atoms with van der Waals surface area (Å²) >= 11 is 0.